The molecule has 0 saturated carbocycles. The van der Waals surface area contributed by atoms with Gasteiger partial charge in [0.1, 0.15) is 16.5 Å². The Morgan fingerprint density at radius 1 is 1.16 bits per heavy atom. The Hall–Kier alpha value is -3.91. The molecule has 4 aromatic heterocycles. The van der Waals surface area contributed by atoms with E-state index >= 15 is 0 Å². The summed E-state index contributed by atoms with van der Waals surface area (Å²) >= 11 is 0.838. The van der Waals surface area contributed by atoms with Crippen molar-refractivity contribution in [2.24, 2.45) is 5.92 Å². The second kappa shape index (κ2) is 11.2. The zero-order valence-corrected chi connectivity index (χ0v) is 21.7. The van der Waals surface area contributed by atoms with Crippen LogP contribution in [0.5, 0.6) is 0 Å². The van der Waals surface area contributed by atoms with Gasteiger partial charge in [-0.05, 0) is 43.7 Å². The highest BCUT2D eigenvalue weighted by molar-refractivity contribution is 7.13. The maximum absolute atomic E-state index is 13.3. The average Bonchev–Trinajstić information content (AvgIpc) is 3.55. The van der Waals surface area contributed by atoms with Crippen LogP contribution in [-0.2, 0) is 6.18 Å². The fraction of sp³-hybridized carbons (Fsp3) is 0.333. The van der Waals surface area contributed by atoms with Crippen molar-refractivity contribution >= 4 is 23.2 Å². The molecule has 0 aliphatic carbocycles. The van der Waals surface area contributed by atoms with Crippen molar-refractivity contribution in [3.8, 4) is 33.3 Å². The van der Waals surface area contributed by atoms with Crippen LogP contribution >= 0.6 is 11.3 Å². The topological polar surface area (TPSA) is 131 Å². The lowest BCUT2D eigenvalue weighted by atomic mass is 10.0. The molecule has 14 heteroatoms. The van der Waals surface area contributed by atoms with E-state index in [4.69, 9.17) is 4.42 Å². The number of rotatable bonds is 8. The minimum Gasteiger partial charge on any atom is -0.418 e. The number of nitrogens with zero attached hydrogens (tertiary/aromatic N) is 5. The van der Waals surface area contributed by atoms with E-state index in [0.29, 0.717) is 34.8 Å². The minimum atomic E-state index is -4.59. The first-order valence-corrected chi connectivity index (χ1v) is 12.5. The molecular weight excluding hydrogens is 521 g/mol. The second-order valence-corrected chi connectivity index (χ2v) is 9.38. The smallest absolute Gasteiger partial charge is 0.418 e. The van der Waals surface area contributed by atoms with Crippen LogP contribution in [0.4, 0.5) is 23.8 Å². The van der Waals surface area contributed by atoms with Crippen molar-refractivity contribution in [1.82, 2.24) is 35.8 Å². The predicted octanol–water partition coefficient (Wildman–Crippen LogP) is 5.39. The van der Waals surface area contributed by atoms with Crippen LogP contribution in [0.2, 0.25) is 0 Å². The van der Waals surface area contributed by atoms with E-state index in [9.17, 15) is 18.0 Å². The number of anilines is 1. The summed E-state index contributed by atoms with van der Waals surface area (Å²) in [6.45, 7) is 6.18. The zero-order chi connectivity index (χ0) is 27.4. The minimum absolute atomic E-state index is 0.112. The Bertz CT molecular complexity index is 1420. The van der Waals surface area contributed by atoms with Crippen LogP contribution < -0.4 is 16.0 Å². The second-order valence-electron chi connectivity index (χ2n) is 8.52. The molecule has 4 rings (SSSR count). The van der Waals surface area contributed by atoms with Gasteiger partial charge >= 0.3 is 12.2 Å². The van der Waals surface area contributed by atoms with E-state index < -0.39 is 17.9 Å². The molecule has 0 radical (unpaired) electrons. The van der Waals surface area contributed by atoms with Gasteiger partial charge in [0.05, 0.1) is 6.04 Å². The summed E-state index contributed by atoms with van der Waals surface area (Å²) in [6, 6.07) is 4.20. The summed E-state index contributed by atoms with van der Waals surface area (Å²) in [7, 11) is 1.80. The van der Waals surface area contributed by atoms with Crippen molar-refractivity contribution in [1.29, 1.82) is 0 Å². The monoisotopic (exact) mass is 546 g/mol. The Kier molecular flexibility index (Phi) is 8.02. The van der Waals surface area contributed by atoms with Gasteiger partial charge in [-0.3, -0.25) is 10.3 Å². The van der Waals surface area contributed by atoms with Gasteiger partial charge in [-0.1, -0.05) is 13.8 Å². The number of pyridine rings is 2. The molecule has 0 aromatic carbocycles. The van der Waals surface area contributed by atoms with Crippen LogP contribution in [-0.4, -0.2) is 44.8 Å². The largest absolute Gasteiger partial charge is 0.434 e. The van der Waals surface area contributed by atoms with Crippen molar-refractivity contribution < 1.29 is 22.4 Å². The molecule has 0 bridgehead atoms. The molecule has 10 nitrogen and oxygen atoms in total. The molecule has 1 atom stereocenters. The van der Waals surface area contributed by atoms with E-state index in [1.54, 1.807) is 26.1 Å². The molecule has 38 heavy (non-hydrogen) atoms. The number of hydrogen-bond donors (Lipinski definition) is 3. The molecule has 3 N–H and O–H groups in total. The van der Waals surface area contributed by atoms with Gasteiger partial charge in [-0.25, -0.2) is 14.8 Å². The number of carbonyl (C=O) groups is 1. The van der Waals surface area contributed by atoms with Crippen LogP contribution in [0.1, 0.15) is 38.4 Å². The van der Waals surface area contributed by atoms with Gasteiger partial charge in [-0.15, -0.1) is 21.5 Å². The number of alkyl halides is 3. The van der Waals surface area contributed by atoms with Crippen LogP contribution in [0.3, 0.4) is 0 Å². The maximum atomic E-state index is 13.3. The van der Waals surface area contributed by atoms with Crippen molar-refractivity contribution in [3.63, 3.8) is 0 Å². The molecule has 0 aliphatic heterocycles. The fourth-order valence-electron chi connectivity index (χ4n) is 3.70. The Morgan fingerprint density at radius 3 is 2.61 bits per heavy atom. The lowest BCUT2D eigenvalue weighted by molar-refractivity contribution is -0.140. The third-order valence-electron chi connectivity index (χ3n) is 5.48. The van der Waals surface area contributed by atoms with Crippen LogP contribution in [0.15, 0.2) is 40.4 Å². The molecule has 1 unspecified atom stereocenters. The molecule has 4 aromatic rings. The molecule has 0 fully saturated rings. The number of halogens is 3. The molecule has 0 saturated heterocycles. The van der Waals surface area contributed by atoms with Gasteiger partial charge < -0.3 is 15.1 Å². The molecular formula is C24H25F3N8O2S. The van der Waals surface area contributed by atoms with E-state index in [2.05, 4.69) is 41.1 Å². The first-order chi connectivity index (χ1) is 18.1. The SMILES string of the molecule is CCNC(=O)Nc1cc(-c2nc(C(F)(F)F)cs2)c(-c2ccnc(-c3nnc(C(NC)C(C)C)o3)c2)cn1. The van der Waals surface area contributed by atoms with E-state index in [1.165, 1.54) is 18.5 Å². The standard InChI is InChI=1S/C24H25F3N8O2S/c1-5-29-23(36)33-18-9-14(22-32-17(11-38-22)24(25,26)27)15(10-31-18)13-6-7-30-16(8-13)20-34-35-21(37-20)19(28-4)12(2)3/h6-12,19,28H,5H2,1-4H3,(H2,29,31,33,36). The number of hydrogen-bond acceptors (Lipinski definition) is 9. The third kappa shape index (κ3) is 5.97. The number of amides is 2. The Balaban J connectivity index is 1.76. The number of carbonyl (C=O) groups excluding carboxylic acids is 1. The number of aromatic nitrogens is 5. The number of nitrogens with one attached hydrogen (secondary N) is 3. The summed E-state index contributed by atoms with van der Waals surface area (Å²) in [5.74, 6) is 0.962. The van der Waals surface area contributed by atoms with Gasteiger partial charge in [0.2, 0.25) is 5.89 Å². The highest BCUT2D eigenvalue weighted by atomic mass is 32.1. The van der Waals surface area contributed by atoms with Crippen molar-refractivity contribution in [2.75, 3.05) is 18.9 Å². The van der Waals surface area contributed by atoms with Gasteiger partial charge in [0.25, 0.3) is 5.89 Å². The summed E-state index contributed by atoms with van der Waals surface area (Å²) in [5, 5.41) is 17.6. The Morgan fingerprint density at radius 2 is 1.95 bits per heavy atom. The first-order valence-electron chi connectivity index (χ1n) is 11.7. The van der Waals surface area contributed by atoms with Crippen LogP contribution in [0.25, 0.3) is 33.3 Å². The fourth-order valence-corrected chi connectivity index (χ4v) is 4.56. The lowest BCUT2D eigenvalue weighted by Gasteiger charge is -2.15. The summed E-state index contributed by atoms with van der Waals surface area (Å²) in [5.41, 5.74) is 0.792. The van der Waals surface area contributed by atoms with Gasteiger partial charge in [0.15, 0.2) is 5.69 Å². The van der Waals surface area contributed by atoms with E-state index in [0.717, 1.165) is 16.7 Å². The maximum Gasteiger partial charge on any atom is 0.434 e. The third-order valence-corrected chi connectivity index (χ3v) is 6.36. The summed E-state index contributed by atoms with van der Waals surface area (Å²) < 4.78 is 45.7. The first kappa shape index (κ1) is 27.1. The summed E-state index contributed by atoms with van der Waals surface area (Å²) in [4.78, 5) is 24.4. The quantitative estimate of drug-likeness (QED) is 0.268. The van der Waals surface area contributed by atoms with E-state index in [1.807, 2.05) is 13.8 Å². The lowest BCUT2D eigenvalue weighted by Crippen LogP contribution is -2.28. The van der Waals surface area contributed by atoms with Crippen molar-refractivity contribution in [3.05, 3.63) is 47.6 Å². The zero-order valence-electron chi connectivity index (χ0n) is 20.9. The predicted molar refractivity (Wildman–Crippen MR) is 136 cm³/mol. The van der Waals surface area contributed by atoms with Crippen LogP contribution in [0, 0.1) is 5.92 Å². The molecule has 2 amide bonds. The highest BCUT2D eigenvalue weighted by Gasteiger charge is 2.34. The Labute approximate surface area is 220 Å². The molecule has 0 spiro atoms. The molecule has 4 heterocycles. The van der Waals surface area contributed by atoms with Gasteiger partial charge in [-0.2, -0.15) is 13.2 Å². The molecule has 200 valence electrons. The molecule has 0 aliphatic rings. The average molecular weight is 547 g/mol. The normalized spacial score (nSPS) is 12.5. The van der Waals surface area contributed by atoms with Gasteiger partial charge in [0, 0.05) is 35.4 Å². The summed E-state index contributed by atoms with van der Waals surface area (Å²) in [6.07, 6.45) is -1.61. The number of urea groups is 1. The van der Waals surface area contributed by atoms with E-state index in [-0.39, 0.29) is 28.7 Å². The highest BCUT2D eigenvalue weighted by Crippen LogP contribution is 2.39. The number of thiazole rings is 1. The van der Waals surface area contributed by atoms with Crippen molar-refractivity contribution in [2.45, 2.75) is 33.0 Å².